The Bertz CT molecular complexity index is 1390. The van der Waals surface area contributed by atoms with Crippen LogP contribution in [-0.2, 0) is 28.7 Å². The Hall–Kier alpha value is -3.66. The minimum absolute atomic E-state index is 0.0109. The molecular weight excluding hydrogens is 696 g/mol. The molecular formula is C39H66N6O9. The van der Waals surface area contributed by atoms with Gasteiger partial charge in [0.2, 0.25) is 23.6 Å². The van der Waals surface area contributed by atoms with E-state index in [0.29, 0.717) is 31.4 Å². The second kappa shape index (κ2) is 21.4. The molecule has 0 aliphatic carbocycles. The van der Waals surface area contributed by atoms with Crippen LogP contribution >= 0.6 is 0 Å². The summed E-state index contributed by atoms with van der Waals surface area (Å²) < 4.78 is 11.9. The lowest BCUT2D eigenvalue weighted by atomic mass is 9.89. The number of nitrogens with one attached hydrogen (secondary N) is 3. The van der Waals surface area contributed by atoms with Gasteiger partial charge in [-0.2, -0.15) is 0 Å². The number of rotatable bonds is 21. The van der Waals surface area contributed by atoms with Crippen LogP contribution in [0.1, 0.15) is 92.7 Å². The number of ether oxygens (including phenoxy) is 2. The van der Waals surface area contributed by atoms with Gasteiger partial charge in [0, 0.05) is 39.9 Å². The molecule has 15 nitrogen and oxygen atoms in total. The van der Waals surface area contributed by atoms with E-state index in [-0.39, 0.29) is 53.5 Å². The molecule has 1 aliphatic heterocycles. The quantitative estimate of drug-likeness (QED) is 0.107. The Balaban J connectivity index is 2.23. The number of amides is 4. The maximum atomic E-state index is 14.1. The molecule has 4 N–H and O–H groups in total. The number of nitro groups is 1. The highest BCUT2D eigenvalue weighted by Crippen LogP contribution is 2.30. The minimum Gasteiger partial charge on any atom is -0.386 e. The predicted molar refractivity (Wildman–Crippen MR) is 206 cm³/mol. The van der Waals surface area contributed by atoms with Gasteiger partial charge in [-0.25, -0.2) is 0 Å². The summed E-state index contributed by atoms with van der Waals surface area (Å²) in [7, 11) is 6.46. The topological polar surface area (TPSA) is 193 Å². The summed E-state index contributed by atoms with van der Waals surface area (Å²) in [6.45, 7) is 15.5. The number of hydrogen-bond acceptors (Lipinski definition) is 10. The first-order valence-corrected chi connectivity index (χ1v) is 19.2. The Labute approximate surface area is 321 Å². The number of aliphatic hydroxyl groups is 1. The van der Waals surface area contributed by atoms with E-state index in [1.54, 1.807) is 37.7 Å². The van der Waals surface area contributed by atoms with E-state index >= 15 is 0 Å². The van der Waals surface area contributed by atoms with E-state index in [4.69, 9.17) is 9.47 Å². The van der Waals surface area contributed by atoms with Crippen molar-refractivity contribution in [2.24, 2.45) is 23.7 Å². The second-order valence-electron chi connectivity index (χ2n) is 15.4. The van der Waals surface area contributed by atoms with Gasteiger partial charge in [0.15, 0.2) is 0 Å². The average molecular weight is 763 g/mol. The Morgan fingerprint density at radius 3 is 2.04 bits per heavy atom. The minimum atomic E-state index is -1.11. The molecule has 306 valence electrons. The van der Waals surface area contributed by atoms with Crippen molar-refractivity contribution in [1.82, 2.24) is 25.8 Å². The van der Waals surface area contributed by atoms with Gasteiger partial charge in [-0.15, -0.1) is 0 Å². The maximum Gasteiger partial charge on any atom is 0.269 e. The lowest BCUT2D eigenvalue weighted by Gasteiger charge is -2.41. The number of non-ortho nitro benzene ring substituents is 1. The molecule has 1 aromatic rings. The van der Waals surface area contributed by atoms with Crippen LogP contribution in [-0.4, -0.2) is 121 Å². The van der Waals surface area contributed by atoms with Crippen LogP contribution in [0.3, 0.4) is 0 Å². The maximum absolute atomic E-state index is 14.1. The number of likely N-dealkylation sites (N-methyl/N-ethyl adjacent to an activating group) is 2. The molecule has 2 rings (SSSR count). The van der Waals surface area contributed by atoms with Crippen molar-refractivity contribution in [3.8, 4) is 0 Å². The molecule has 1 aliphatic rings. The van der Waals surface area contributed by atoms with Gasteiger partial charge in [0.05, 0.1) is 59.7 Å². The third-order valence-electron chi connectivity index (χ3n) is 11.0. The lowest BCUT2D eigenvalue weighted by molar-refractivity contribution is -0.384. The zero-order valence-corrected chi connectivity index (χ0v) is 34.3. The first kappa shape index (κ1) is 46.5. The molecule has 0 unspecified atom stereocenters. The fraction of sp³-hybridized carbons (Fsp3) is 0.744. The number of hydrogen-bond donors (Lipinski definition) is 4. The Morgan fingerprint density at radius 1 is 0.963 bits per heavy atom. The van der Waals surface area contributed by atoms with Gasteiger partial charge in [-0.05, 0) is 62.3 Å². The molecule has 15 heteroatoms. The molecule has 10 atom stereocenters. The summed E-state index contributed by atoms with van der Waals surface area (Å²) >= 11 is 0. The number of carbonyl (C=O) groups excluding carboxylic acids is 4. The smallest absolute Gasteiger partial charge is 0.269 e. The number of aliphatic hydroxyl groups excluding tert-OH is 1. The van der Waals surface area contributed by atoms with E-state index in [0.717, 1.165) is 0 Å². The van der Waals surface area contributed by atoms with Crippen LogP contribution in [0.25, 0.3) is 0 Å². The van der Waals surface area contributed by atoms with Gasteiger partial charge < -0.3 is 40.3 Å². The molecule has 0 saturated carbocycles. The van der Waals surface area contributed by atoms with Crippen molar-refractivity contribution in [3.63, 3.8) is 0 Å². The molecule has 1 aromatic carbocycles. The summed E-state index contributed by atoms with van der Waals surface area (Å²) in [6.07, 6.45) is -0.388. The van der Waals surface area contributed by atoms with Gasteiger partial charge >= 0.3 is 0 Å². The van der Waals surface area contributed by atoms with Gasteiger partial charge in [-0.3, -0.25) is 29.3 Å². The first-order chi connectivity index (χ1) is 25.4. The molecule has 0 radical (unpaired) electrons. The number of nitrogens with zero attached hydrogens (tertiary/aromatic N) is 3. The second-order valence-corrected chi connectivity index (χ2v) is 15.4. The normalized spacial score (nSPS) is 19.6. The molecule has 54 heavy (non-hydrogen) atoms. The van der Waals surface area contributed by atoms with Crippen LogP contribution in [0.4, 0.5) is 5.69 Å². The zero-order valence-electron chi connectivity index (χ0n) is 34.3. The highest BCUT2D eigenvalue weighted by molar-refractivity contribution is 5.90. The van der Waals surface area contributed by atoms with Gasteiger partial charge in [0.1, 0.15) is 6.04 Å². The highest BCUT2D eigenvalue weighted by atomic mass is 16.6. The molecule has 0 spiro atoms. The molecule has 4 amide bonds. The summed E-state index contributed by atoms with van der Waals surface area (Å²) in [5.41, 5.74) is 0.318. The third kappa shape index (κ3) is 11.7. The molecule has 1 saturated heterocycles. The number of benzene rings is 1. The molecule has 1 heterocycles. The largest absolute Gasteiger partial charge is 0.386 e. The Morgan fingerprint density at radius 2 is 1.56 bits per heavy atom. The molecule has 0 aromatic heterocycles. The fourth-order valence-electron chi connectivity index (χ4n) is 7.57. The van der Waals surface area contributed by atoms with Gasteiger partial charge in [0.25, 0.3) is 5.69 Å². The third-order valence-corrected chi connectivity index (χ3v) is 11.0. The number of methoxy groups -OCH3 is 2. The predicted octanol–water partition coefficient (Wildman–Crippen LogP) is 3.44. The van der Waals surface area contributed by atoms with Crippen molar-refractivity contribution < 1.29 is 38.7 Å². The summed E-state index contributed by atoms with van der Waals surface area (Å²) in [5.74, 6) is -1.99. The van der Waals surface area contributed by atoms with Crippen LogP contribution in [0, 0.1) is 33.8 Å². The van der Waals surface area contributed by atoms with Crippen molar-refractivity contribution in [3.05, 3.63) is 39.9 Å². The van der Waals surface area contributed by atoms with Crippen LogP contribution < -0.4 is 16.0 Å². The van der Waals surface area contributed by atoms with Crippen molar-refractivity contribution >= 4 is 29.3 Å². The summed E-state index contributed by atoms with van der Waals surface area (Å²) in [4.78, 5) is 68.8. The van der Waals surface area contributed by atoms with E-state index < -0.39 is 59.4 Å². The van der Waals surface area contributed by atoms with Crippen LogP contribution in [0.5, 0.6) is 0 Å². The number of carbonyl (C=O) groups is 4. The van der Waals surface area contributed by atoms with E-state index in [9.17, 15) is 34.4 Å². The molecule has 0 bridgehead atoms. The van der Waals surface area contributed by atoms with Crippen molar-refractivity contribution in [2.75, 3.05) is 34.9 Å². The summed E-state index contributed by atoms with van der Waals surface area (Å²) in [5, 5.41) is 30.7. The lowest BCUT2D eigenvalue weighted by Crippen LogP contribution is -2.59. The number of nitro benzene ring substituents is 1. The Kier molecular flexibility index (Phi) is 18.5. The van der Waals surface area contributed by atoms with Gasteiger partial charge in [-0.1, -0.05) is 54.9 Å². The average Bonchev–Trinajstić information content (AvgIpc) is 3.62. The van der Waals surface area contributed by atoms with Crippen LogP contribution in [0.2, 0.25) is 0 Å². The van der Waals surface area contributed by atoms with Crippen molar-refractivity contribution in [1.29, 1.82) is 0 Å². The monoisotopic (exact) mass is 762 g/mol. The highest BCUT2D eigenvalue weighted by Gasteiger charge is 2.43. The van der Waals surface area contributed by atoms with E-state index in [1.165, 1.54) is 38.5 Å². The first-order valence-electron chi connectivity index (χ1n) is 19.2. The van der Waals surface area contributed by atoms with E-state index in [2.05, 4.69) is 16.0 Å². The van der Waals surface area contributed by atoms with Crippen molar-refractivity contribution in [2.45, 2.75) is 130 Å². The standard InChI is InChI=1S/C39H66N6O9/c1-13-24(6)34(43(10)39(50)33(23(4)5)42-38(49)32(40-9)22(2)3)30(53-11)21-31(46)44-20-14-15-29(44)36(54-12)25(7)37(48)41-26(8)35(47)27-16-18-28(19-17-27)45(51)52/h16-19,22-26,29-30,32-36,40,47H,13-15,20-21H2,1-12H3,(H,41,48)(H,42,49)/t24-,25+,26+,29-,30+,32-,33-,34-,35+,36+/m0/s1. The SMILES string of the molecule is CC[C@H](C)[C@@H]([C@@H](CC(=O)N1CCC[C@H]1[C@H](OC)[C@@H](C)C(=O)N[C@H](C)[C@@H](O)c1ccc([N+](=O)[O-])cc1)OC)N(C)C(=O)[C@@H](NC(=O)[C@@H](NC)C(C)C)C(C)C. The zero-order chi connectivity index (χ0) is 41.0. The van der Waals surface area contributed by atoms with Crippen LogP contribution in [0.15, 0.2) is 24.3 Å². The molecule has 1 fully saturated rings. The number of likely N-dealkylation sites (tertiary alicyclic amines) is 1. The van der Waals surface area contributed by atoms with E-state index in [1.807, 2.05) is 41.5 Å². The fourth-order valence-corrected chi connectivity index (χ4v) is 7.57. The summed E-state index contributed by atoms with van der Waals surface area (Å²) in [6, 6.07) is 2.66.